The SMILES string of the molecule is CC(C)=NC(C)[C@H]1CC[C@H]2[C@@H]3CCC4CCCC[C@]4(C)[C@H]3CC[C@]12CO. The molecule has 0 spiro atoms. The van der Waals surface area contributed by atoms with Gasteiger partial charge in [-0.1, -0.05) is 19.8 Å². The minimum atomic E-state index is 0.164. The van der Waals surface area contributed by atoms with E-state index in [-0.39, 0.29) is 5.41 Å². The molecule has 0 radical (unpaired) electrons. The van der Waals surface area contributed by atoms with Crippen LogP contribution < -0.4 is 0 Å². The Hall–Kier alpha value is -0.370. The van der Waals surface area contributed by atoms with Crippen molar-refractivity contribution >= 4 is 5.71 Å². The molecule has 4 aliphatic carbocycles. The molecule has 8 atom stereocenters. The lowest BCUT2D eigenvalue weighted by atomic mass is 9.44. The van der Waals surface area contributed by atoms with Crippen molar-refractivity contribution in [2.24, 2.45) is 45.4 Å². The summed E-state index contributed by atoms with van der Waals surface area (Å²) in [5.74, 6) is 4.13. The van der Waals surface area contributed by atoms with Crippen LogP contribution in [0.25, 0.3) is 0 Å². The summed E-state index contributed by atoms with van der Waals surface area (Å²) in [5, 5.41) is 10.6. The summed E-state index contributed by atoms with van der Waals surface area (Å²) < 4.78 is 0. The monoisotopic (exact) mass is 359 g/mol. The van der Waals surface area contributed by atoms with E-state index in [1.807, 2.05) is 0 Å². The number of hydrogen-bond acceptors (Lipinski definition) is 2. The molecule has 0 aromatic heterocycles. The van der Waals surface area contributed by atoms with E-state index < -0.39 is 0 Å². The van der Waals surface area contributed by atoms with E-state index in [9.17, 15) is 5.11 Å². The maximum atomic E-state index is 10.6. The van der Waals surface area contributed by atoms with E-state index in [1.165, 1.54) is 69.9 Å². The minimum Gasteiger partial charge on any atom is -0.396 e. The summed E-state index contributed by atoms with van der Waals surface area (Å²) in [6.07, 6.45) is 14.0. The van der Waals surface area contributed by atoms with Crippen LogP contribution in [0.1, 0.15) is 91.9 Å². The smallest absolute Gasteiger partial charge is 0.0505 e. The van der Waals surface area contributed by atoms with Crippen LogP contribution in [-0.4, -0.2) is 23.5 Å². The van der Waals surface area contributed by atoms with Crippen LogP contribution in [-0.2, 0) is 0 Å². The maximum Gasteiger partial charge on any atom is 0.0505 e. The van der Waals surface area contributed by atoms with Gasteiger partial charge in [0.05, 0.1) is 6.04 Å². The van der Waals surface area contributed by atoms with Crippen LogP contribution in [0.3, 0.4) is 0 Å². The highest BCUT2D eigenvalue weighted by Gasteiger charge is 2.61. The second-order valence-electron chi connectivity index (χ2n) is 10.8. The Morgan fingerprint density at radius 3 is 2.54 bits per heavy atom. The van der Waals surface area contributed by atoms with Gasteiger partial charge in [-0.15, -0.1) is 0 Å². The van der Waals surface area contributed by atoms with E-state index in [4.69, 9.17) is 4.99 Å². The molecule has 4 aliphatic rings. The molecule has 26 heavy (non-hydrogen) atoms. The minimum absolute atomic E-state index is 0.164. The number of nitrogens with zero attached hydrogens (tertiary/aromatic N) is 1. The summed E-state index contributed by atoms with van der Waals surface area (Å²) in [6.45, 7) is 9.60. The molecule has 2 heteroatoms. The lowest BCUT2D eigenvalue weighted by Crippen LogP contribution is -2.55. The predicted molar refractivity (Wildman–Crippen MR) is 109 cm³/mol. The van der Waals surface area contributed by atoms with Gasteiger partial charge >= 0.3 is 0 Å². The van der Waals surface area contributed by atoms with Gasteiger partial charge in [-0.3, -0.25) is 4.99 Å². The van der Waals surface area contributed by atoms with Crippen molar-refractivity contribution in [2.45, 2.75) is 97.9 Å². The molecular formula is C24H41NO. The second kappa shape index (κ2) is 6.90. The van der Waals surface area contributed by atoms with Gasteiger partial charge in [0.2, 0.25) is 0 Å². The average Bonchev–Trinajstić information content (AvgIpc) is 3.00. The standard InChI is InChI=1S/C24H41NO/c1-16(2)25-17(3)20-10-11-22-19-9-8-18-7-5-6-13-23(18,4)21(19)12-14-24(20,22)15-26/h17-22,26H,5-15H2,1-4H3/t17?,18?,19-,20-,21+,22+,23+,24+/m1/s1. The third-order valence-electron chi connectivity index (χ3n) is 9.70. The fourth-order valence-corrected chi connectivity index (χ4v) is 8.68. The van der Waals surface area contributed by atoms with Crippen LogP contribution in [0.15, 0.2) is 4.99 Å². The van der Waals surface area contributed by atoms with Crippen LogP contribution >= 0.6 is 0 Å². The molecule has 0 saturated heterocycles. The van der Waals surface area contributed by atoms with Gasteiger partial charge in [-0.25, -0.2) is 0 Å². The zero-order valence-electron chi connectivity index (χ0n) is 17.6. The number of aliphatic imine (C=N–C) groups is 1. The quantitative estimate of drug-likeness (QED) is 0.627. The highest BCUT2D eigenvalue weighted by Crippen LogP contribution is 2.67. The zero-order valence-corrected chi connectivity index (χ0v) is 17.6. The zero-order chi connectivity index (χ0) is 18.5. The molecule has 2 nitrogen and oxygen atoms in total. The van der Waals surface area contributed by atoms with Crippen LogP contribution in [0, 0.1) is 40.4 Å². The van der Waals surface area contributed by atoms with Gasteiger partial charge in [-0.2, -0.15) is 0 Å². The van der Waals surface area contributed by atoms with Gasteiger partial charge in [-0.05, 0) is 107 Å². The normalized spacial score (nSPS) is 48.9. The van der Waals surface area contributed by atoms with Gasteiger partial charge in [0, 0.05) is 17.7 Å². The van der Waals surface area contributed by atoms with Crippen molar-refractivity contribution in [3.05, 3.63) is 0 Å². The highest BCUT2D eigenvalue weighted by atomic mass is 16.3. The second-order valence-corrected chi connectivity index (χ2v) is 10.8. The van der Waals surface area contributed by atoms with Crippen molar-refractivity contribution in [1.29, 1.82) is 0 Å². The van der Waals surface area contributed by atoms with Gasteiger partial charge in [0.1, 0.15) is 0 Å². The average molecular weight is 360 g/mol. The molecule has 0 bridgehead atoms. The van der Waals surface area contributed by atoms with E-state index in [1.54, 1.807) is 0 Å². The van der Waals surface area contributed by atoms with Crippen molar-refractivity contribution in [3.63, 3.8) is 0 Å². The highest BCUT2D eigenvalue weighted by molar-refractivity contribution is 5.79. The van der Waals surface area contributed by atoms with Crippen LogP contribution in [0.5, 0.6) is 0 Å². The van der Waals surface area contributed by atoms with E-state index >= 15 is 0 Å². The first-order chi connectivity index (χ1) is 12.4. The first-order valence-corrected chi connectivity index (χ1v) is 11.5. The molecule has 0 aliphatic heterocycles. The summed E-state index contributed by atoms with van der Waals surface area (Å²) in [5.41, 5.74) is 1.96. The molecule has 148 valence electrons. The molecule has 4 saturated carbocycles. The Morgan fingerprint density at radius 1 is 1.00 bits per heavy atom. The summed E-state index contributed by atoms with van der Waals surface area (Å²) in [7, 11) is 0. The molecular weight excluding hydrogens is 318 g/mol. The van der Waals surface area contributed by atoms with Gasteiger partial charge in [0.15, 0.2) is 0 Å². The number of rotatable bonds is 3. The van der Waals surface area contributed by atoms with E-state index in [0.717, 1.165) is 23.7 Å². The molecule has 2 unspecified atom stereocenters. The van der Waals surface area contributed by atoms with Crippen molar-refractivity contribution in [2.75, 3.05) is 6.61 Å². The molecule has 0 aromatic rings. The summed E-state index contributed by atoms with van der Waals surface area (Å²) in [4.78, 5) is 4.93. The Morgan fingerprint density at radius 2 is 1.81 bits per heavy atom. The number of fused-ring (bicyclic) bond motifs is 5. The fraction of sp³-hybridized carbons (Fsp3) is 0.958. The van der Waals surface area contributed by atoms with E-state index in [2.05, 4.69) is 27.7 Å². The maximum absolute atomic E-state index is 10.6. The first kappa shape index (κ1) is 19.0. The summed E-state index contributed by atoms with van der Waals surface area (Å²) in [6, 6.07) is 0.371. The molecule has 0 heterocycles. The van der Waals surface area contributed by atoms with Crippen molar-refractivity contribution in [1.82, 2.24) is 0 Å². The Balaban J connectivity index is 1.62. The largest absolute Gasteiger partial charge is 0.396 e. The van der Waals surface area contributed by atoms with Crippen LogP contribution in [0.4, 0.5) is 0 Å². The molecule has 4 fully saturated rings. The Bertz CT molecular complexity index is 552. The lowest BCUT2D eigenvalue weighted by Gasteiger charge is -2.61. The molecule has 0 amide bonds. The molecule has 0 aromatic carbocycles. The summed E-state index contributed by atoms with van der Waals surface area (Å²) >= 11 is 0. The van der Waals surface area contributed by atoms with Crippen LogP contribution in [0.2, 0.25) is 0 Å². The number of hydrogen-bond donors (Lipinski definition) is 1. The van der Waals surface area contributed by atoms with Gasteiger partial charge < -0.3 is 5.11 Å². The topological polar surface area (TPSA) is 32.6 Å². The number of aliphatic hydroxyl groups excluding tert-OH is 1. The first-order valence-electron chi connectivity index (χ1n) is 11.5. The third-order valence-corrected chi connectivity index (χ3v) is 9.70. The van der Waals surface area contributed by atoms with E-state index in [0.29, 0.717) is 24.0 Å². The lowest BCUT2D eigenvalue weighted by molar-refractivity contribution is -0.129. The Kier molecular flexibility index (Phi) is 5.04. The Labute approximate surface area is 161 Å². The van der Waals surface area contributed by atoms with Gasteiger partial charge in [0.25, 0.3) is 0 Å². The predicted octanol–water partition coefficient (Wildman–Crippen LogP) is 5.88. The molecule has 1 N–H and O–H groups in total. The van der Waals surface area contributed by atoms with Crippen molar-refractivity contribution < 1.29 is 5.11 Å². The molecule has 4 rings (SSSR count). The van der Waals surface area contributed by atoms with Crippen molar-refractivity contribution in [3.8, 4) is 0 Å². The third kappa shape index (κ3) is 2.73. The number of aliphatic hydroxyl groups is 1. The fourth-order valence-electron chi connectivity index (χ4n) is 8.68.